The van der Waals surface area contributed by atoms with E-state index in [1.807, 2.05) is 66.9 Å². The molecular formula is C22H26N2O5S. The van der Waals surface area contributed by atoms with Gasteiger partial charge in [0.1, 0.15) is 18.7 Å². The summed E-state index contributed by atoms with van der Waals surface area (Å²) < 4.78 is 5.21. The van der Waals surface area contributed by atoms with E-state index in [0.717, 1.165) is 11.1 Å². The van der Waals surface area contributed by atoms with Crippen molar-refractivity contribution in [1.29, 1.82) is 0 Å². The molecule has 2 atom stereocenters. The standard InChI is InChI=1S/C22H26N2O5S/c1-30-13-12-18(21(26)27)23-20(25)19(14-16-8-4-2-5-9-16)24-22(28)29-15-17-10-6-3-7-11-17/h2-11,18-19H,12-15H2,1H3,(H,23,25)(H,24,28)(H,26,27)/t18-,19+/m0/s1. The fraction of sp³-hybridized carbons (Fsp3) is 0.318. The molecule has 2 amide bonds. The van der Waals surface area contributed by atoms with Gasteiger partial charge in [-0.15, -0.1) is 0 Å². The number of carbonyl (C=O) groups is 3. The molecule has 7 nitrogen and oxygen atoms in total. The molecule has 0 heterocycles. The smallest absolute Gasteiger partial charge is 0.408 e. The van der Waals surface area contributed by atoms with E-state index < -0.39 is 30.1 Å². The summed E-state index contributed by atoms with van der Waals surface area (Å²) >= 11 is 1.50. The number of rotatable bonds is 11. The first-order valence-corrected chi connectivity index (χ1v) is 10.9. The molecule has 160 valence electrons. The van der Waals surface area contributed by atoms with Gasteiger partial charge >= 0.3 is 12.1 Å². The Hall–Kier alpha value is -3.00. The third-order valence-corrected chi connectivity index (χ3v) is 4.97. The summed E-state index contributed by atoms with van der Waals surface area (Å²) in [7, 11) is 0. The van der Waals surface area contributed by atoms with Crippen LogP contribution in [0.1, 0.15) is 17.5 Å². The number of carboxylic acids is 1. The minimum absolute atomic E-state index is 0.0673. The van der Waals surface area contributed by atoms with Crippen molar-refractivity contribution in [1.82, 2.24) is 10.6 Å². The first-order valence-electron chi connectivity index (χ1n) is 9.53. The van der Waals surface area contributed by atoms with Crippen molar-refractivity contribution in [3.05, 3.63) is 71.8 Å². The second-order valence-corrected chi connectivity index (χ2v) is 7.61. The topological polar surface area (TPSA) is 105 Å². The van der Waals surface area contributed by atoms with Crippen LogP contribution in [0.25, 0.3) is 0 Å². The number of thioether (sulfide) groups is 1. The molecule has 30 heavy (non-hydrogen) atoms. The molecule has 3 N–H and O–H groups in total. The zero-order valence-corrected chi connectivity index (χ0v) is 17.6. The molecular weight excluding hydrogens is 404 g/mol. The highest BCUT2D eigenvalue weighted by Crippen LogP contribution is 2.07. The van der Waals surface area contributed by atoms with E-state index >= 15 is 0 Å². The van der Waals surface area contributed by atoms with E-state index in [1.54, 1.807) is 0 Å². The maximum Gasteiger partial charge on any atom is 0.408 e. The Kier molecular flexibility index (Phi) is 9.73. The maximum atomic E-state index is 12.8. The summed E-state index contributed by atoms with van der Waals surface area (Å²) in [6.45, 7) is 0.0673. The van der Waals surface area contributed by atoms with Crippen LogP contribution >= 0.6 is 11.8 Å². The molecule has 8 heteroatoms. The molecule has 0 saturated carbocycles. The summed E-state index contributed by atoms with van der Waals surface area (Å²) in [5, 5.41) is 14.5. The van der Waals surface area contributed by atoms with Gasteiger partial charge in [0.25, 0.3) is 0 Å². The summed E-state index contributed by atoms with van der Waals surface area (Å²) in [6.07, 6.45) is 1.62. The second kappa shape index (κ2) is 12.5. The number of amides is 2. The maximum absolute atomic E-state index is 12.8. The highest BCUT2D eigenvalue weighted by molar-refractivity contribution is 7.98. The first-order chi connectivity index (χ1) is 14.5. The molecule has 0 aliphatic rings. The average Bonchev–Trinajstić information content (AvgIpc) is 2.76. The molecule has 0 aliphatic carbocycles. The van der Waals surface area contributed by atoms with Crippen LogP contribution in [-0.2, 0) is 27.4 Å². The Morgan fingerprint density at radius 1 is 0.933 bits per heavy atom. The van der Waals surface area contributed by atoms with Crippen molar-refractivity contribution in [2.24, 2.45) is 0 Å². The number of hydrogen-bond acceptors (Lipinski definition) is 5. The Morgan fingerprint density at radius 2 is 1.53 bits per heavy atom. The van der Waals surface area contributed by atoms with Crippen LogP contribution in [-0.4, -0.2) is 47.2 Å². The minimum atomic E-state index is -1.11. The van der Waals surface area contributed by atoms with Gasteiger partial charge in [0.2, 0.25) is 5.91 Å². The molecule has 0 bridgehead atoms. The Labute approximate surface area is 180 Å². The van der Waals surface area contributed by atoms with E-state index in [1.165, 1.54) is 11.8 Å². The summed E-state index contributed by atoms with van der Waals surface area (Å²) in [4.78, 5) is 36.5. The number of benzene rings is 2. The number of nitrogens with one attached hydrogen (secondary N) is 2. The van der Waals surface area contributed by atoms with Crippen molar-refractivity contribution in [2.45, 2.75) is 31.5 Å². The van der Waals surface area contributed by atoms with Crippen LogP contribution in [0.2, 0.25) is 0 Å². The van der Waals surface area contributed by atoms with Crippen LogP contribution in [0.4, 0.5) is 4.79 Å². The van der Waals surface area contributed by atoms with Crippen LogP contribution < -0.4 is 10.6 Å². The lowest BCUT2D eigenvalue weighted by Gasteiger charge is -2.21. The quantitative estimate of drug-likeness (QED) is 0.506. The van der Waals surface area contributed by atoms with Crippen LogP contribution in [0.5, 0.6) is 0 Å². The van der Waals surface area contributed by atoms with E-state index in [9.17, 15) is 19.5 Å². The largest absolute Gasteiger partial charge is 0.480 e. The van der Waals surface area contributed by atoms with E-state index in [0.29, 0.717) is 12.2 Å². The summed E-state index contributed by atoms with van der Waals surface area (Å²) in [5.74, 6) is -1.08. The molecule has 2 aromatic rings. The highest BCUT2D eigenvalue weighted by atomic mass is 32.2. The second-order valence-electron chi connectivity index (χ2n) is 6.63. The molecule has 0 spiro atoms. The predicted octanol–water partition coefficient (Wildman–Crippen LogP) is 2.85. The lowest BCUT2D eigenvalue weighted by atomic mass is 10.0. The molecule has 2 aromatic carbocycles. The van der Waals surface area contributed by atoms with Crippen molar-refractivity contribution >= 4 is 29.7 Å². The van der Waals surface area contributed by atoms with Gasteiger partial charge in [0.15, 0.2) is 0 Å². The number of carboxylic acid groups (broad SMARTS) is 1. The zero-order chi connectivity index (χ0) is 21.8. The van der Waals surface area contributed by atoms with Gasteiger partial charge in [-0.25, -0.2) is 9.59 Å². The number of aliphatic carboxylic acids is 1. The monoisotopic (exact) mass is 430 g/mol. The Balaban J connectivity index is 2.04. The Morgan fingerprint density at radius 3 is 2.10 bits per heavy atom. The molecule has 0 saturated heterocycles. The fourth-order valence-electron chi connectivity index (χ4n) is 2.73. The van der Waals surface area contributed by atoms with Crippen molar-refractivity contribution in [3.8, 4) is 0 Å². The summed E-state index contributed by atoms with van der Waals surface area (Å²) in [6, 6.07) is 16.4. The van der Waals surface area contributed by atoms with Gasteiger partial charge in [-0.05, 0) is 29.6 Å². The third kappa shape index (κ3) is 8.16. The number of hydrogen-bond donors (Lipinski definition) is 3. The number of alkyl carbamates (subject to hydrolysis) is 1. The highest BCUT2D eigenvalue weighted by Gasteiger charge is 2.27. The van der Waals surface area contributed by atoms with Crippen molar-refractivity contribution in [2.75, 3.05) is 12.0 Å². The molecule has 0 fully saturated rings. The Bertz CT molecular complexity index is 817. The van der Waals surface area contributed by atoms with Gasteiger partial charge in [-0.3, -0.25) is 4.79 Å². The number of ether oxygens (including phenoxy) is 1. The molecule has 0 aliphatic heterocycles. The van der Waals surface area contributed by atoms with E-state index in [2.05, 4.69) is 10.6 Å². The predicted molar refractivity (Wildman–Crippen MR) is 116 cm³/mol. The van der Waals surface area contributed by atoms with Gasteiger partial charge in [0, 0.05) is 6.42 Å². The number of carbonyl (C=O) groups excluding carboxylic acids is 2. The minimum Gasteiger partial charge on any atom is -0.480 e. The molecule has 0 aromatic heterocycles. The molecule has 0 unspecified atom stereocenters. The fourth-order valence-corrected chi connectivity index (χ4v) is 3.20. The van der Waals surface area contributed by atoms with Crippen LogP contribution in [0, 0.1) is 0 Å². The van der Waals surface area contributed by atoms with E-state index in [-0.39, 0.29) is 13.0 Å². The third-order valence-electron chi connectivity index (χ3n) is 4.33. The van der Waals surface area contributed by atoms with Gasteiger partial charge in [0.05, 0.1) is 0 Å². The van der Waals surface area contributed by atoms with Crippen LogP contribution in [0.15, 0.2) is 60.7 Å². The SMILES string of the molecule is CSCC[C@H](NC(=O)[C@@H](Cc1ccccc1)NC(=O)OCc1ccccc1)C(=O)O. The molecule has 2 rings (SSSR count). The van der Waals surface area contributed by atoms with Crippen molar-refractivity contribution < 1.29 is 24.2 Å². The summed E-state index contributed by atoms with van der Waals surface area (Å²) in [5.41, 5.74) is 1.65. The van der Waals surface area contributed by atoms with Crippen LogP contribution in [0.3, 0.4) is 0 Å². The lowest BCUT2D eigenvalue weighted by Crippen LogP contribution is -2.52. The van der Waals surface area contributed by atoms with Gasteiger partial charge < -0.3 is 20.5 Å². The zero-order valence-electron chi connectivity index (χ0n) is 16.7. The van der Waals surface area contributed by atoms with Crippen molar-refractivity contribution in [3.63, 3.8) is 0 Å². The molecule has 0 radical (unpaired) electrons. The van der Waals surface area contributed by atoms with E-state index in [4.69, 9.17) is 4.74 Å². The van der Waals surface area contributed by atoms with Gasteiger partial charge in [-0.2, -0.15) is 11.8 Å². The first kappa shape index (κ1) is 23.3. The lowest BCUT2D eigenvalue weighted by molar-refractivity contribution is -0.142. The van der Waals surface area contributed by atoms with Gasteiger partial charge in [-0.1, -0.05) is 60.7 Å². The normalized spacial score (nSPS) is 12.4. The average molecular weight is 431 g/mol.